The van der Waals surface area contributed by atoms with Crippen LogP contribution in [0.25, 0.3) is 21.8 Å². The van der Waals surface area contributed by atoms with E-state index >= 15 is 0 Å². The summed E-state index contributed by atoms with van der Waals surface area (Å²) in [5.74, 6) is -0.319. The molecule has 0 unspecified atom stereocenters. The molecule has 0 saturated heterocycles. The summed E-state index contributed by atoms with van der Waals surface area (Å²) in [5.41, 5.74) is 11.2. The van der Waals surface area contributed by atoms with Gasteiger partial charge in [0.25, 0.3) is 0 Å². The molecule has 1 amide bonds. The maximum absolute atomic E-state index is 11.9. The monoisotopic (exact) mass is 330 g/mol. The molecule has 5 rings (SSSR count). The number of nitrogens with two attached hydrogens (primary N) is 1. The molecule has 5 heteroatoms. The van der Waals surface area contributed by atoms with Crippen molar-refractivity contribution in [1.29, 1.82) is 0 Å². The van der Waals surface area contributed by atoms with Gasteiger partial charge < -0.3 is 15.7 Å². The van der Waals surface area contributed by atoms with E-state index in [0.717, 1.165) is 33.1 Å². The average Bonchev–Trinajstić information content (AvgIpc) is 3.22. The summed E-state index contributed by atoms with van der Waals surface area (Å²) in [6.45, 7) is 0. The van der Waals surface area contributed by atoms with Gasteiger partial charge in [-0.1, -0.05) is 36.4 Å². The number of amides is 1. The summed E-state index contributed by atoms with van der Waals surface area (Å²) in [6.07, 6.45) is 2.62. The van der Waals surface area contributed by atoms with Crippen LogP contribution in [-0.2, 0) is 11.2 Å². The minimum atomic E-state index is -0.384. The molecule has 3 heterocycles. The van der Waals surface area contributed by atoms with Crippen LogP contribution in [0.1, 0.15) is 22.9 Å². The van der Waals surface area contributed by atoms with E-state index in [9.17, 15) is 4.79 Å². The molecule has 5 N–H and O–H groups in total. The average molecular weight is 330 g/mol. The molecular weight excluding hydrogens is 312 g/mol. The van der Waals surface area contributed by atoms with E-state index in [1.807, 2.05) is 30.5 Å². The topological polar surface area (TPSA) is 86.7 Å². The summed E-state index contributed by atoms with van der Waals surface area (Å²) in [6, 6.07) is 15.9. The van der Waals surface area contributed by atoms with Gasteiger partial charge in [-0.2, -0.15) is 0 Å². The van der Waals surface area contributed by atoms with Crippen LogP contribution in [0.3, 0.4) is 0 Å². The van der Waals surface area contributed by atoms with Crippen molar-refractivity contribution >= 4 is 27.7 Å². The van der Waals surface area contributed by atoms with Gasteiger partial charge >= 0.3 is 0 Å². The van der Waals surface area contributed by atoms with Crippen molar-refractivity contribution in [2.75, 3.05) is 0 Å². The Balaban J connectivity index is 1.75. The third-order valence-corrected chi connectivity index (χ3v) is 5.19. The van der Waals surface area contributed by atoms with Crippen LogP contribution < -0.4 is 11.1 Å². The second kappa shape index (κ2) is 5.22. The maximum Gasteiger partial charge on any atom is 0.234 e. The Kier molecular flexibility index (Phi) is 2.99. The second-order valence-corrected chi connectivity index (χ2v) is 6.61. The minimum absolute atomic E-state index is 0.107. The van der Waals surface area contributed by atoms with Crippen molar-refractivity contribution < 1.29 is 4.79 Å². The van der Waals surface area contributed by atoms with Gasteiger partial charge in [-0.15, -0.1) is 0 Å². The van der Waals surface area contributed by atoms with E-state index in [-0.39, 0.29) is 18.0 Å². The largest absolute Gasteiger partial charge is 0.368 e. The third-order valence-electron chi connectivity index (χ3n) is 5.19. The number of nitrogens with one attached hydrogen (secondary N) is 3. The highest BCUT2D eigenvalue weighted by Gasteiger charge is 2.33. The first-order chi connectivity index (χ1) is 12.2. The van der Waals surface area contributed by atoms with Crippen molar-refractivity contribution in [2.24, 2.45) is 5.73 Å². The molecule has 5 nitrogen and oxygen atoms in total. The zero-order chi connectivity index (χ0) is 17.0. The van der Waals surface area contributed by atoms with Gasteiger partial charge in [0.1, 0.15) is 0 Å². The zero-order valence-corrected chi connectivity index (χ0v) is 13.5. The molecule has 1 aliphatic heterocycles. The van der Waals surface area contributed by atoms with Gasteiger partial charge in [0.05, 0.1) is 12.1 Å². The molecule has 0 fully saturated rings. The number of primary amides is 1. The Labute approximate surface area is 144 Å². The molecule has 1 aliphatic rings. The highest BCUT2D eigenvalue weighted by atomic mass is 16.1. The number of hydrogen-bond donors (Lipinski definition) is 4. The number of fused-ring (bicyclic) bond motifs is 4. The number of benzene rings is 2. The van der Waals surface area contributed by atoms with Crippen LogP contribution in [0.2, 0.25) is 0 Å². The number of carbonyl (C=O) groups is 1. The van der Waals surface area contributed by atoms with Crippen LogP contribution >= 0.6 is 0 Å². The van der Waals surface area contributed by atoms with Crippen LogP contribution in [0, 0.1) is 0 Å². The number of para-hydroxylation sites is 2. The SMILES string of the molecule is NC(=O)[C@H]1Cc2c([nH]c3ccccc23)[C@H](c2c[nH]c3ccccc23)N1. The molecule has 4 aromatic rings. The molecule has 0 spiro atoms. The predicted octanol–water partition coefficient (Wildman–Crippen LogP) is 2.74. The first-order valence-electron chi connectivity index (χ1n) is 8.43. The summed E-state index contributed by atoms with van der Waals surface area (Å²) < 4.78 is 0. The quantitative estimate of drug-likeness (QED) is 0.455. The van der Waals surface area contributed by atoms with E-state index < -0.39 is 0 Å². The van der Waals surface area contributed by atoms with E-state index in [4.69, 9.17) is 5.73 Å². The Bertz CT molecular complexity index is 1110. The fraction of sp³-hybridized carbons (Fsp3) is 0.150. The highest BCUT2D eigenvalue weighted by molar-refractivity contribution is 5.90. The summed E-state index contributed by atoms with van der Waals surface area (Å²) >= 11 is 0. The lowest BCUT2D eigenvalue weighted by Gasteiger charge is -2.29. The van der Waals surface area contributed by atoms with Gasteiger partial charge in [0.15, 0.2) is 0 Å². The Morgan fingerprint density at radius 2 is 1.72 bits per heavy atom. The lowest BCUT2D eigenvalue weighted by atomic mass is 9.90. The van der Waals surface area contributed by atoms with Crippen LogP contribution in [0.15, 0.2) is 54.7 Å². The predicted molar refractivity (Wildman–Crippen MR) is 98.3 cm³/mol. The van der Waals surface area contributed by atoms with Crippen molar-refractivity contribution in [3.8, 4) is 0 Å². The second-order valence-electron chi connectivity index (χ2n) is 6.61. The lowest BCUT2D eigenvalue weighted by Crippen LogP contribution is -2.47. The first-order valence-corrected chi connectivity index (χ1v) is 8.43. The molecule has 124 valence electrons. The van der Waals surface area contributed by atoms with Gasteiger partial charge in [0, 0.05) is 39.3 Å². The van der Waals surface area contributed by atoms with E-state index in [1.165, 1.54) is 5.56 Å². The molecule has 0 saturated carbocycles. The van der Waals surface area contributed by atoms with Crippen LogP contribution in [0.4, 0.5) is 0 Å². The zero-order valence-electron chi connectivity index (χ0n) is 13.5. The Morgan fingerprint density at radius 3 is 2.52 bits per heavy atom. The van der Waals surface area contributed by atoms with E-state index in [0.29, 0.717) is 6.42 Å². The van der Waals surface area contributed by atoms with Crippen molar-refractivity contribution in [3.63, 3.8) is 0 Å². The number of H-pyrrole nitrogens is 2. The number of rotatable bonds is 2. The van der Waals surface area contributed by atoms with Gasteiger partial charge in [-0.05, 0) is 24.1 Å². The third kappa shape index (κ3) is 2.09. The highest BCUT2D eigenvalue weighted by Crippen LogP contribution is 2.37. The molecule has 2 aromatic carbocycles. The molecule has 0 aliphatic carbocycles. The fourth-order valence-electron chi connectivity index (χ4n) is 4.00. The van der Waals surface area contributed by atoms with E-state index in [1.54, 1.807) is 0 Å². The van der Waals surface area contributed by atoms with Crippen LogP contribution in [-0.4, -0.2) is 21.9 Å². The molecule has 2 atom stereocenters. The summed E-state index contributed by atoms with van der Waals surface area (Å²) in [7, 11) is 0. The maximum atomic E-state index is 11.9. The van der Waals surface area contributed by atoms with E-state index in [2.05, 4.69) is 39.6 Å². The smallest absolute Gasteiger partial charge is 0.234 e. The summed E-state index contributed by atoms with van der Waals surface area (Å²) in [4.78, 5) is 18.8. The van der Waals surface area contributed by atoms with Gasteiger partial charge in [-0.3, -0.25) is 10.1 Å². The molecular formula is C20H18N4O. The standard InChI is InChI=1S/C20H18N4O/c21-20(25)17-9-13-11-5-2-4-8-16(11)23-18(13)19(24-17)14-10-22-15-7-3-1-6-12(14)15/h1-8,10,17,19,22-24H,9H2,(H2,21,25)/t17-,19+/m1/s1. The Morgan fingerprint density at radius 1 is 1.00 bits per heavy atom. The Hall–Kier alpha value is -3.05. The lowest BCUT2D eigenvalue weighted by molar-refractivity contribution is -0.120. The fourth-order valence-corrected chi connectivity index (χ4v) is 4.00. The first kappa shape index (κ1) is 14.3. The van der Waals surface area contributed by atoms with Crippen molar-refractivity contribution in [3.05, 3.63) is 71.5 Å². The summed E-state index contributed by atoms with van der Waals surface area (Å²) in [5, 5.41) is 5.75. The van der Waals surface area contributed by atoms with Crippen LogP contribution in [0.5, 0.6) is 0 Å². The minimum Gasteiger partial charge on any atom is -0.368 e. The number of aromatic nitrogens is 2. The number of hydrogen-bond acceptors (Lipinski definition) is 2. The normalized spacial score (nSPS) is 20.0. The molecule has 0 bridgehead atoms. The molecule has 25 heavy (non-hydrogen) atoms. The van der Waals surface area contributed by atoms with Gasteiger partial charge in [0.2, 0.25) is 5.91 Å². The van der Waals surface area contributed by atoms with Crippen molar-refractivity contribution in [1.82, 2.24) is 15.3 Å². The number of aromatic amines is 2. The molecule has 0 radical (unpaired) electrons. The van der Waals surface area contributed by atoms with Gasteiger partial charge in [-0.25, -0.2) is 0 Å². The van der Waals surface area contributed by atoms with Crippen molar-refractivity contribution in [2.45, 2.75) is 18.5 Å². The number of carbonyl (C=O) groups excluding carboxylic acids is 1. The molecule has 2 aromatic heterocycles.